The van der Waals surface area contributed by atoms with Crippen LogP contribution in [0.2, 0.25) is 0 Å². The fourth-order valence-corrected chi connectivity index (χ4v) is 4.13. The molecule has 0 atom stereocenters. The maximum absolute atomic E-state index is 12.4. The first-order chi connectivity index (χ1) is 12.1. The summed E-state index contributed by atoms with van der Waals surface area (Å²) in [6, 6.07) is 9.81. The maximum atomic E-state index is 12.4. The Morgan fingerprint density at radius 2 is 1.80 bits per heavy atom. The fraction of sp³-hybridized carbons (Fsp3) is 0.421. The molecule has 0 saturated heterocycles. The SMILES string of the molecule is O=C(Cc1csc(-c2ccccc2)n1)NC1(C(=O)O)CCCCCC1. The topological polar surface area (TPSA) is 79.3 Å². The van der Waals surface area contributed by atoms with Crippen molar-refractivity contribution in [1.29, 1.82) is 0 Å². The first-order valence-electron chi connectivity index (χ1n) is 8.63. The van der Waals surface area contributed by atoms with Gasteiger partial charge in [0.15, 0.2) is 0 Å². The highest BCUT2D eigenvalue weighted by Gasteiger charge is 2.39. The van der Waals surface area contributed by atoms with E-state index in [2.05, 4.69) is 10.3 Å². The summed E-state index contributed by atoms with van der Waals surface area (Å²) in [5.74, 6) is -1.19. The molecule has 132 valence electrons. The molecule has 0 spiro atoms. The predicted octanol–water partition coefficient (Wildman–Crippen LogP) is 3.65. The Balaban J connectivity index is 1.67. The summed E-state index contributed by atoms with van der Waals surface area (Å²) < 4.78 is 0. The van der Waals surface area contributed by atoms with Crippen LogP contribution in [-0.4, -0.2) is 27.5 Å². The maximum Gasteiger partial charge on any atom is 0.329 e. The molecule has 6 heteroatoms. The molecule has 0 bridgehead atoms. The zero-order chi connectivity index (χ0) is 17.7. The van der Waals surface area contributed by atoms with Gasteiger partial charge in [0.1, 0.15) is 10.5 Å². The first kappa shape index (κ1) is 17.6. The number of aromatic nitrogens is 1. The minimum Gasteiger partial charge on any atom is -0.480 e. The zero-order valence-corrected chi connectivity index (χ0v) is 14.8. The Morgan fingerprint density at radius 3 is 2.44 bits per heavy atom. The molecule has 0 unspecified atom stereocenters. The standard InChI is InChI=1S/C19H22N2O3S/c22-16(21-19(18(23)24)10-6-1-2-7-11-19)12-15-13-25-17(20-15)14-8-4-3-5-9-14/h3-5,8-9,13H,1-2,6-7,10-12H2,(H,21,22)(H,23,24). The van der Waals surface area contributed by atoms with E-state index in [1.807, 2.05) is 35.7 Å². The van der Waals surface area contributed by atoms with E-state index in [4.69, 9.17) is 0 Å². The molecule has 1 aromatic carbocycles. The molecular weight excluding hydrogens is 336 g/mol. The average Bonchev–Trinajstić information content (AvgIpc) is 2.93. The van der Waals surface area contributed by atoms with Crippen LogP contribution in [0.15, 0.2) is 35.7 Å². The fourth-order valence-electron chi connectivity index (χ4n) is 3.30. The van der Waals surface area contributed by atoms with Crippen molar-refractivity contribution >= 4 is 23.2 Å². The van der Waals surface area contributed by atoms with E-state index >= 15 is 0 Å². The van der Waals surface area contributed by atoms with Crippen LogP contribution in [0.5, 0.6) is 0 Å². The van der Waals surface area contributed by atoms with E-state index in [1.165, 1.54) is 11.3 Å². The number of carboxylic acids is 1. The van der Waals surface area contributed by atoms with Crippen molar-refractivity contribution in [3.05, 3.63) is 41.4 Å². The van der Waals surface area contributed by atoms with Crippen LogP contribution >= 0.6 is 11.3 Å². The number of carbonyl (C=O) groups excluding carboxylic acids is 1. The van der Waals surface area contributed by atoms with Crippen molar-refractivity contribution < 1.29 is 14.7 Å². The number of hydrogen-bond acceptors (Lipinski definition) is 4. The summed E-state index contributed by atoms with van der Waals surface area (Å²) >= 11 is 1.49. The lowest BCUT2D eigenvalue weighted by Gasteiger charge is -2.29. The molecular formula is C19H22N2O3S. The van der Waals surface area contributed by atoms with Gasteiger partial charge in [-0.15, -0.1) is 11.3 Å². The summed E-state index contributed by atoms with van der Waals surface area (Å²) in [6.45, 7) is 0. The Kier molecular flexibility index (Phi) is 5.48. The Morgan fingerprint density at radius 1 is 1.12 bits per heavy atom. The van der Waals surface area contributed by atoms with Crippen molar-refractivity contribution in [3.8, 4) is 10.6 Å². The highest BCUT2D eigenvalue weighted by Crippen LogP contribution is 2.28. The van der Waals surface area contributed by atoms with Gasteiger partial charge in [0.25, 0.3) is 0 Å². The number of aliphatic carboxylic acids is 1. The number of amides is 1. The Bertz CT molecular complexity index is 734. The molecule has 2 N–H and O–H groups in total. The van der Waals surface area contributed by atoms with Crippen LogP contribution in [0.3, 0.4) is 0 Å². The summed E-state index contributed by atoms with van der Waals surface area (Å²) in [6.07, 6.45) is 4.83. The van der Waals surface area contributed by atoms with E-state index in [1.54, 1.807) is 0 Å². The highest BCUT2D eigenvalue weighted by molar-refractivity contribution is 7.13. The van der Waals surface area contributed by atoms with Crippen LogP contribution in [0.1, 0.15) is 44.2 Å². The van der Waals surface area contributed by atoms with Gasteiger partial charge in [-0.05, 0) is 12.8 Å². The number of nitrogens with zero attached hydrogens (tertiary/aromatic N) is 1. The van der Waals surface area contributed by atoms with E-state index in [0.29, 0.717) is 18.5 Å². The van der Waals surface area contributed by atoms with Gasteiger partial charge in [0, 0.05) is 10.9 Å². The third-order valence-electron chi connectivity index (χ3n) is 4.66. The Labute approximate surface area is 151 Å². The van der Waals surface area contributed by atoms with Gasteiger partial charge in [-0.25, -0.2) is 9.78 Å². The molecule has 0 aliphatic heterocycles. The minimum atomic E-state index is -1.12. The molecule has 1 aromatic heterocycles. The van der Waals surface area contributed by atoms with Crippen LogP contribution in [0, 0.1) is 0 Å². The number of carbonyl (C=O) groups is 2. The average molecular weight is 358 g/mol. The van der Waals surface area contributed by atoms with Crippen LogP contribution < -0.4 is 5.32 Å². The van der Waals surface area contributed by atoms with Gasteiger partial charge in [-0.3, -0.25) is 4.79 Å². The molecule has 0 radical (unpaired) electrons. The first-order valence-corrected chi connectivity index (χ1v) is 9.51. The summed E-state index contributed by atoms with van der Waals surface area (Å²) in [7, 11) is 0. The van der Waals surface area contributed by atoms with Crippen LogP contribution in [-0.2, 0) is 16.0 Å². The quantitative estimate of drug-likeness (QED) is 0.800. The monoisotopic (exact) mass is 358 g/mol. The van der Waals surface area contributed by atoms with Gasteiger partial charge in [0.2, 0.25) is 5.91 Å². The molecule has 1 heterocycles. The molecule has 1 amide bonds. The molecule has 1 saturated carbocycles. The second kappa shape index (κ2) is 7.78. The van der Waals surface area contributed by atoms with Crippen molar-refractivity contribution in [2.45, 2.75) is 50.5 Å². The summed E-state index contributed by atoms with van der Waals surface area (Å²) in [5, 5.41) is 15.2. The zero-order valence-electron chi connectivity index (χ0n) is 14.0. The Hall–Kier alpha value is -2.21. The smallest absolute Gasteiger partial charge is 0.329 e. The van der Waals surface area contributed by atoms with Gasteiger partial charge in [0.05, 0.1) is 12.1 Å². The van der Waals surface area contributed by atoms with E-state index in [9.17, 15) is 14.7 Å². The lowest BCUT2D eigenvalue weighted by Crippen LogP contribution is -2.54. The third-order valence-corrected chi connectivity index (χ3v) is 5.60. The normalized spacial score (nSPS) is 16.8. The molecule has 1 aliphatic carbocycles. The van der Waals surface area contributed by atoms with Crippen molar-refractivity contribution in [1.82, 2.24) is 10.3 Å². The number of rotatable bonds is 5. The number of carboxylic acid groups (broad SMARTS) is 1. The van der Waals surface area contributed by atoms with Crippen molar-refractivity contribution in [2.24, 2.45) is 0 Å². The highest BCUT2D eigenvalue weighted by atomic mass is 32.1. The van der Waals surface area contributed by atoms with Gasteiger partial charge >= 0.3 is 5.97 Å². The molecule has 25 heavy (non-hydrogen) atoms. The van der Waals surface area contributed by atoms with Gasteiger partial charge < -0.3 is 10.4 Å². The second-order valence-electron chi connectivity index (χ2n) is 6.54. The van der Waals surface area contributed by atoms with Crippen LogP contribution in [0.4, 0.5) is 0 Å². The molecule has 3 rings (SSSR count). The van der Waals surface area contributed by atoms with Crippen molar-refractivity contribution in [2.75, 3.05) is 0 Å². The van der Waals surface area contributed by atoms with Gasteiger partial charge in [-0.1, -0.05) is 56.0 Å². The number of thiazole rings is 1. The second-order valence-corrected chi connectivity index (χ2v) is 7.39. The molecule has 5 nitrogen and oxygen atoms in total. The number of hydrogen-bond donors (Lipinski definition) is 2. The lowest BCUT2D eigenvalue weighted by molar-refractivity contribution is -0.148. The lowest BCUT2D eigenvalue weighted by atomic mass is 9.90. The van der Waals surface area contributed by atoms with Gasteiger partial charge in [-0.2, -0.15) is 0 Å². The van der Waals surface area contributed by atoms with E-state index in [-0.39, 0.29) is 12.3 Å². The third kappa shape index (κ3) is 4.25. The van der Waals surface area contributed by atoms with E-state index < -0.39 is 11.5 Å². The minimum absolute atomic E-state index is 0.109. The molecule has 1 aliphatic rings. The predicted molar refractivity (Wildman–Crippen MR) is 97.5 cm³/mol. The number of nitrogens with one attached hydrogen (secondary N) is 1. The van der Waals surface area contributed by atoms with Crippen LogP contribution in [0.25, 0.3) is 10.6 Å². The molecule has 1 fully saturated rings. The number of benzene rings is 1. The van der Waals surface area contributed by atoms with E-state index in [0.717, 1.165) is 36.3 Å². The summed E-state index contributed by atoms with van der Waals surface area (Å²) in [4.78, 5) is 28.7. The largest absolute Gasteiger partial charge is 0.480 e. The summed E-state index contributed by atoms with van der Waals surface area (Å²) in [5.41, 5.74) is 0.576. The molecule has 2 aromatic rings. The van der Waals surface area contributed by atoms with Crippen molar-refractivity contribution in [3.63, 3.8) is 0 Å².